The van der Waals surface area contributed by atoms with E-state index in [9.17, 15) is 10.1 Å². The third-order valence-electron chi connectivity index (χ3n) is 4.62. The van der Waals surface area contributed by atoms with E-state index in [1.54, 1.807) is 0 Å². The molecule has 19 heavy (non-hydrogen) atoms. The summed E-state index contributed by atoms with van der Waals surface area (Å²) in [5, 5.41) is 9.42. The zero-order chi connectivity index (χ0) is 13.8. The number of hydrogen-bond donors (Lipinski definition) is 0. The molecule has 1 aliphatic heterocycles. The van der Waals surface area contributed by atoms with Crippen LogP contribution in [-0.2, 0) is 4.79 Å². The topological polar surface area (TPSA) is 53.2 Å². The van der Waals surface area contributed by atoms with Gasteiger partial charge in [-0.05, 0) is 37.5 Å². The van der Waals surface area contributed by atoms with Gasteiger partial charge in [-0.2, -0.15) is 5.26 Å². The molecule has 0 aromatic carbocycles. The minimum atomic E-state index is -0.184. The number of hydrogen-bond acceptors (Lipinski definition) is 3. The van der Waals surface area contributed by atoms with Crippen molar-refractivity contribution in [2.75, 3.05) is 0 Å². The van der Waals surface area contributed by atoms with E-state index in [1.165, 1.54) is 0 Å². The number of nitriles is 1. The Bertz CT molecular complexity index is 544. The molecule has 0 aromatic heterocycles. The van der Waals surface area contributed by atoms with Crippen molar-refractivity contribution in [1.82, 2.24) is 0 Å². The number of carbonyl (C=O) groups excluding carboxylic acids is 1. The van der Waals surface area contributed by atoms with Crippen molar-refractivity contribution in [1.29, 1.82) is 5.26 Å². The van der Waals surface area contributed by atoms with Gasteiger partial charge in [0.25, 0.3) is 0 Å². The van der Waals surface area contributed by atoms with Gasteiger partial charge in [0.1, 0.15) is 0 Å². The summed E-state index contributed by atoms with van der Waals surface area (Å²) in [7, 11) is 0. The van der Waals surface area contributed by atoms with Crippen LogP contribution in [0.1, 0.15) is 46.5 Å². The maximum absolute atomic E-state index is 12.5. The van der Waals surface area contributed by atoms with Crippen LogP contribution in [0.4, 0.5) is 0 Å². The Morgan fingerprint density at radius 1 is 1.32 bits per heavy atom. The number of Topliss-reactive ketones (excluding diaryl/α,β-unsaturated/α-hetero) is 1. The molecule has 2 aliphatic carbocycles. The number of allylic oxidation sites excluding steroid dienone is 2. The predicted molar refractivity (Wildman–Crippen MR) is 73.5 cm³/mol. The summed E-state index contributed by atoms with van der Waals surface area (Å²) in [4.78, 5) is 17.1. The molecule has 0 spiro atoms. The van der Waals surface area contributed by atoms with Crippen molar-refractivity contribution in [3.05, 3.63) is 11.3 Å². The van der Waals surface area contributed by atoms with Gasteiger partial charge in [-0.1, -0.05) is 13.8 Å². The molecule has 1 saturated carbocycles. The molecular weight excluding hydrogens is 236 g/mol. The zero-order valence-electron chi connectivity index (χ0n) is 11.9. The molecule has 3 heteroatoms. The fourth-order valence-corrected chi connectivity index (χ4v) is 3.63. The second-order valence-corrected chi connectivity index (χ2v) is 7.02. The summed E-state index contributed by atoms with van der Waals surface area (Å²) in [5.74, 6) is 0.711. The number of rotatable bonds is 1. The lowest BCUT2D eigenvalue weighted by Crippen LogP contribution is -2.37. The average molecular weight is 256 g/mol. The van der Waals surface area contributed by atoms with Crippen molar-refractivity contribution in [3.63, 3.8) is 0 Å². The summed E-state index contributed by atoms with van der Waals surface area (Å²) >= 11 is 0. The SMILES string of the molecule is CC1=NC2=C(C(=O)CC(C)(C)C2)C(C2CC2)C1C#N. The highest BCUT2D eigenvalue weighted by Gasteiger charge is 2.48. The maximum Gasteiger partial charge on any atom is 0.161 e. The molecule has 0 radical (unpaired) electrons. The van der Waals surface area contributed by atoms with E-state index in [-0.39, 0.29) is 23.0 Å². The highest BCUT2D eigenvalue weighted by Crippen LogP contribution is 2.51. The molecule has 0 N–H and O–H groups in total. The van der Waals surface area contributed by atoms with Crippen molar-refractivity contribution < 1.29 is 4.79 Å². The molecule has 1 heterocycles. The fourth-order valence-electron chi connectivity index (χ4n) is 3.63. The zero-order valence-corrected chi connectivity index (χ0v) is 11.9. The van der Waals surface area contributed by atoms with Crippen LogP contribution in [0, 0.1) is 34.5 Å². The number of ketones is 1. The molecule has 3 nitrogen and oxygen atoms in total. The highest BCUT2D eigenvalue weighted by atomic mass is 16.1. The van der Waals surface area contributed by atoms with E-state index in [0.29, 0.717) is 12.3 Å². The third-order valence-corrected chi connectivity index (χ3v) is 4.62. The van der Waals surface area contributed by atoms with Gasteiger partial charge >= 0.3 is 0 Å². The maximum atomic E-state index is 12.5. The van der Waals surface area contributed by atoms with Crippen LogP contribution in [0.3, 0.4) is 0 Å². The largest absolute Gasteiger partial charge is 0.294 e. The lowest BCUT2D eigenvalue weighted by atomic mass is 9.67. The Morgan fingerprint density at radius 3 is 2.58 bits per heavy atom. The molecule has 2 unspecified atom stereocenters. The molecule has 0 saturated heterocycles. The second-order valence-electron chi connectivity index (χ2n) is 7.02. The van der Waals surface area contributed by atoms with Crippen LogP contribution in [-0.4, -0.2) is 11.5 Å². The quantitative estimate of drug-likeness (QED) is 0.723. The van der Waals surface area contributed by atoms with E-state index in [0.717, 1.165) is 36.2 Å². The van der Waals surface area contributed by atoms with Crippen LogP contribution in [0.5, 0.6) is 0 Å². The summed E-state index contributed by atoms with van der Waals surface area (Å²) in [5.41, 5.74) is 2.79. The van der Waals surface area contributed by atoms with Gasteiger partial charge in [0.2, 0.25) is 0 Å². The van der Waals surface area contributed by atoms with Gasteiger partial charge in [0, 0.05) is 29.3 Å². The van der Waals surface area contributed by atoms with Crippen molar-refractivity contribution >= 4 is 11.5 Å². The second kappa shape index (κ2) is 4.03. The number of carbonyl (C=O) groups is 1. The van der Waals surface area contributed by atoms with Crippen LogP contribution in [0.2, 0.25) is 0 Å². The first-order valence-electron chi connectivity index (χ1n) is 7.14. The molecule has 2 atom stereocenters. The van der Waals surface area contributed by atoms with E-state index >= 15 is 0 Å². The average Bonchev–Trinajstić information content (AvgIpc) is 3.08. The highest BCUT2D eigenvalue weighted by molar-refractivity contribution is 6.02. The Balaban J connectivity index is 2.09. The predicted octanol–water partition coefficient (Wildman–Crippen LogP) is 3.27. The summed E-state index contributed by atoms with van der Waals surface area (Å²) in [6.45, 7) is 6.20. The van der Waals surface area contributed by atoms with Gasteiger partial charge in [-0.3, -0.25) is 9.79 Å². The van der Waals surface area contributed by atoms with Gasteiger partial charge in [-0.25, -0.2) is 0 Å². The Kier molecular flexibility index (Phi) is 2.67. The first kappa shape index (κ1) is 12.6. The van der Waals surface area contributed by atoms with Gasteiger partial charge in [-0.15, -0.1) is 0 Å². The van der Waals surface area contributed by atoms with Crippen LogP contribution < -0.4 is 0 Å². The standard InChI is InChI=1S/C16H20N2O/c1-9-11(8-17)14(10-4-5-10)15-12(18-9)6-16(2,3)7-13(15)19/h10-11,14H,4-7H2,1-3H3. The molecular formula is C16H20N2O. The van der Waals surface area contributed by atoms with E-state index in [2.05, 4.69) is 24.9 Å². The molecule has 0 bridgehead atoms. The summed E-state index contributed by atoms with van der Waals surface area (Å²) in [6.07, 6.45) is 3.78. The van der Waals surface area contributed by atoms with E-state index in [4.69, 9.17) is 0 Å². The van der Waals surface area contributed by atoms with Crippen LogP contribution in [0.25, 0.3) is 0 Å². The molecule has 100 valence electrons. The van der Waals surface area contributed by atoms with E-state index in [1.807, 2.05) is 6.92 Å². The first-order chi connectivity index (χ1) is 8.93. The molecule has 0 amide bonds. The molecule has 3 rings (SSSR count). The normalized spacial score (nSPS) is 33.6. The summed E-state index contributed by atoms with van der Waals surface area (Å²) in [6, 6.07) is 2.38. The fraction of sp³-hybridized carbons (Fsp3) is 0.688. The number of nitrogens with zero attached hydrogens (tertiary/aromatic N) is 2. The van der Waals surface area contributed by atoms with Crippen molar-refractivity contribution in [2.24, 2.45) is 28.2 Å². The van der Waals surface area contributed by atoms with Crippen LogP contribution >= 0.6 is 0 Å². The van der Waals surface area contributed by atoms with Crippen molar-refractivity contribution in [3.8, 4) is 6.07 Å². The summed E-state index contributed by atoms with van der Waals surface area (Å²) < 4.78 is 0. The Labute approximate surface area is 114 Å². The van der Waals surface area contributed by atoms with Crippen LogP contribution in [0.15, 0.2) is 16.3 Å². The van der Waals surface area contributed by atoms with E-state index < -0.39 is 0 Å². The number of aliphatic imine (C=N–C) groups is 1. The smallest absolute Gasteiger partial charge is 0.161 e. The molecule has 1 fully saturated rings. The Morgan fingerprint density at radius 2 is 2.00 bits per heavy atom. The lowest BCUT2D eigenvalue weighted by Gasteiger charge is -2.37. The van der Waals surface area contributed by atoms with Gasteiger partial charge < -0.3 is 0 Å². The Hall–Kier alpha value is -1.43. The van der Waals surface area contributed by atoms with Gasteiger partial charge in [0.05, 0.1) is 12.0 Å². The third kappa shape index (κ3) is 2.04. The minimum Gasteiger partial charge on any atom is -0.294 e. The van der Waals surface area contributed by atoms with Crippen molar-refractivity contribution in [2.45, 2.75) is 46.5 Å². The van der Waals surface area contributed by atoms with Gasteiger partial charge in [0.15, 0.2) is 5.78 Å². The molecule has 3 aliphatic rings. The molecule has 0 aromatic rings. The minimum absolute atomic E-state index is 0.00722. The lowest BCUT2D eigenvalue weighted by molar-refractivity contribution is -0.118. The first-order valence-corrected chi connectivity index (χ1v) is 7.14. The monoisotopic (exact) mass is 256 g/mol.